The first-order chi connectivity index (χ1) is 13.2. The van der Waals surface area contributed by atoms with Gasteiger partial charge in [-0.3, -0.25) is 0 Å². The van der Waals surface area contributed by atoms with E-state index in [4.69, 9.17) is 11.6 Å². The number of aromatic nitrogens is 2. The maximum Gasteiger partial charge on any atom is 0.225 e. The number of benzene rings is 2. The average molecular weight is 380 g/mol. The number of hydrogen-bond acceptors (Lipinski definition) is 4. The smallest absolute Gasteiger partial charge is 0.225 e. The van der Waals surface area contributed by atoms with Gasteiger partial charge in [0.2, 0.25) is 5.95 Å². The molecule has 1 aliphatic rings. The van der Waals surface area contributed by atoms with Crippen molar-refractivity contribution < 1.29 is 5.11 Å². The van der Waals surface area contributed by atoms with Gasteiger partial charge in [-0.05, 0) is 53.6 Å². The Labute approximate surface area is 164 Å². The number of halogens is 1. The van der Waals surface area contributed by atoms with Crippen LogP contribution in [-0.2, 0) is 0 Å². The minimum Gasteiger partial charge on any atom is -0.388 e. The van der Waals surface area contributed by atoms with Crippen molar-refractivity contribution in [3.05, 3.63) is 77.6 Å². The van der Waals surface area contributed by atoms with E-state index in [0.717, 1.165) is 53.6 Å². The first-order valence-electron chi connectivity index (χ1n) is 9.26. The van der Waals surface area contributed by atoms with Gasteiger partial charge in [0, 0.05) is 30.5 Å². The fourth-order valence-electron chi connectivity index (χ4n) is 3.68. The molecule has 138 valence electrons. The van der Waals surface area contributed by atoms with Crippen LogP contribution in [0.25, 0.3) is 11.1 Å². The van der Waals surface area contributed by atoms with Crippen LogP contribution < -0.4 is 4.90 Å². The van der Waals surface area contributed by atoms with Gasteiger partial charge in [0.25, 0.3) is 0 Å². The molecule has 0 radical (unpaired) electrons. The SMILES string of the molecule is OC(c1ccc(-c2cccc(Cl)c2)cc1)C1CCN(c2ncccn2)CC1. The number of hydrogen-bond donors (Lipinski definition) is 1. The summed E-state index contributed by atoms with van der Waals surface area (Å²) in [5, 5.41) is 11.6. The van der Waals surface area contributed by atoms with Crippen LogP contribution in [0.5, 0.6) is 0 Å². The Morgan fingerprint density at radius 1 is 0.926 bits per heavy atom. The van der Waals surface area contributed by atoms with Crippen LogP contribution in [0.2, 0.25) is 5.02 Å². The quantitative estimate of drug-likeness (QED) is 0.710. The molecular weight excluding hydrogens is 358 g/mol. The number of aliphatic hydroxyl groups excluding tert-OH is 1. The molecule has 1 unspecified atom stereocenters. The Bertz CT molecular complexity index is 878. The summed E-state index contributed by atoms with van der Waals surface area (Å²) in [7, 11) is 0. The zero-order valence-electron chi connectivity index (χ0n) is 15.0. The highest BCUT2D eigenvalue weighted by Gasteiger charge is 2.27. The van der Waals surface area contributed by atoms with Gasteiger partial charge < -0.3 is 10.0 Å². The van der Waals surface area contributed by atoms with Gasteiger partial charge in [0.15, 0.2) is 0 Å². The highest BCUT2D eigenvalue weighted by molar-refractivity contribution is 6.30. The molecule has 1 atom stereocenters. The molecule has 4 nitrogen and oxygen atoms in total. The molecule has 0 spiro atoms. The summed E-state index contributed by atoms with van der Waals surface area (Å²) in [5.74, 6) is 1.03. The van der Waals surface area contributed by atoms with E-state index < -0.39 is 6.10 Å². The number of anilines is 1. The second kappa shape index (κ2) is 8.07. The van der Waals surface area contributed by atoms with E-state index in [2.05, 4.69) is 27.0 Å². The first kappa shape index (κ1) is 18.0. The summed E-state index contributed by atoms with van der Waals surface area (Å²) in [5.41, 5.74) is 3.15. The number of nitrogens with zero attached hydrogens (tertiary/aromatic N) is 3. The van der Waals surface area contributed by atoms with Crippen molar-refractivity contribution in [2.45, 2.75) is 18.9 Å². The third kappa shape index (κ3) is 4.12. The second-order valence-corrected chi connectivity index (χ2v) is 7.39. The van der Waals surface area contributed by atoms with Crippen LogP contribution in [0.1, 0.15) is 24.5 Å². The van der Waals surface area contributed by atoms with Crippen LogP contribution in [0.3, 0.4) is 0 Å². The van der Waals surface area contributed by atoms with Crippen LogP contribution in [0.4, 0.5) is 5.95 Å². The largest absolute Gasteiger partial charge is 0.388 e. The summed E-state index contributed by atoms with van der Waals surface area (Å²) >= 11 is 6.08. The van der Waals surface area contributed by atoms with Crippen LogP contribution in [0.15, 0.2) is 67.0 Å². The molecule has 27 heavy (non-hydrogen) atoms. The topological polar surface area (TPSA) is 49.2 Å². The van der Waals surface area contributed by atoms with Crippen molar-refractivity contribution in [2.24, 2.45) is 5.92 Å². The molecule has 4 rings (SSSR count). The van der Waals surface area contributed by atoms with Crippen molar-refractivity contribution in [1.82, 2.24) is 9.97 Å². The van der Waals surface area contributed by atoms with E-state index in [1.165, 1.54) is 0 Å². The second-order valence-electron chi connectivity index (χ2n) is 6.95. The number of aliphatic hydroxyl groups is 1. The molecular formula is C22H22ClN3O. The van der Waals surface area contributed by atoms with Gasteiger partial charge in [0.1, 0.15) is 0 Å². The summed E-state index contributed by atoms with van der Waals surface area (Å²) in [6, 6.07) is 17.8. The highest BCUT2D eigenvalue weighted by Crippen LogP contribution is 2.33. The summed E-state index contributed by atoms with van der Waals surface area (Å²) in [6.07, 6.45) is 4.94. The summed E-state index contributed by atoms with van der Waals surface area (Å²) in [6.45, 7) is 1.73. The monoisotopic (exact) mass is 379 g/mol. The van der Waals surface area contributed by atoms with Crippen molar-refractivity contribution in [1.29, 1.82) is 0 Å². The molecule has 0 aliphatic carbocycles. The molecule has 1 saturated heterocycles. The molecule has 0 bridgehead atoms. The Morgan fingerprint density at radius 2 is 1.63 bits per heavy atom. The maximum absolute atomic E-state index is 10.8. The Morgan fingerprint density at radius 3 is 2.30 bits per heavy atom. The fraction of sp³-hybridized carbons (Fsp3) is 0.273. The van der Waals surface area contributed by atoms with Gasteiger partial charge >= 0.3 is 0 Å². The first-order valence-corrected chi connectivity index (χ1v) is 9.64. The predicted molar refractivity (Wildman–Crippen MR) is 109 cm³/mol. The van der Waals surface area contributed by atoms with E-state index in [1.54, 1.807) is 12.4 Å². The lowest BCUT2D eigenvalue weighted by molar-refractivity contribution is 0.0928. The molecule has 0 amide bonds. The summed E-state index contributed by atoms with van der Waals surface area (Å²) < 4.78 is 0. The van der Waals surface area contributed by atoms with E-state index in [9.17, 15) is 5.11 Å². The minimum atomic E-state index is -0.447. The van der Waals surface area contributed by atoms with Gasteiger partial charge in [-0.15, -0.1) is 0 Å². The van der Waals surface area contributed by atoms with Crippen molar-refractivity contribution in [3.63, 3.8) is 0 Å². The van der Waals surface area contributed by atoms with Crippen molar-refractivity contribution in [3.8, 4) is 11.1 Å². The predicted octanol–water partition coefficient (Wildman–Crippen LogP) is 4.75. The third-order valence-corrected chi connectivity index (χ3v) is 5.47. The molecule has 2 heterocycles. The minimum absolute atomic E-state index is 0.252. The molecule has 3 aromatic rings. The van der Waals surface area contributed by atoms with Gasteiger partial charge in [-0.2, -0.15) is 0 Å². The number of piperidine rings is 1. The zero-order chi connectivity index (χ0) is 18.6. The molecule has 0 saturated carbocycles. The van der Waals surface area contributed by atoms with E-state index >= 15 is 0 Å². The lowest BCUT2D eigenvalue weighted by Gasteiger charge is -2.34. The normalized spacial score (nSPS) is 16.3. The molecule has 1 aliphatic heterocycles. The number of rotatable bonds is 4. The molecule has 2 aromatic carbocycles. The molecule has 1 N–H and O–H groups in total. The van der Waals surface area contributed by atoms with E-state index in [-0.39, 0.29) is 5.92 Å². The zero-order valence-corrected chi connectivity index (χ0v) is 15.8. The molecule has 1 aromatic heterocycles. The van der Waals surface area contributed by atoms with Crippen LogP contribution in [-0.4, -0.2) is 28.2 Å². The molecule has 5 heteroatoms. The lowest BCUT2D eigenvalue weighted by Crippen LogP contribution is -2.36. The standard InChI is InChI=1S/C22H22ClN3O/c23-20-4-1-3-19(15-20)16-5-7-17(8-6-16)21(27)18-9-13-26(14-10-18)22-24-11-2-12-25-22/h1-8,11-12,15,18,21,27H,9-10,13-14H2. The van der Waals surface area contributed by atoms with Crippen LogP contribution >= 0.6 is 11.6 Å². The third-order valence-electron chi connectivity index (χ3n) is 5.23. The van der Waals surface area contributed by atoms with Crippen molar-refractivity contribution in [2.75, 3.05) is 18.0 Å². The maximum atomic E-state index is 10.8. The van der Waals surface area contributed by atoms with E-state index in [1.807, 2.05) is 42.5 Å². The van der Waals surface area contributed by atoms with Crippen LogP contribution in [0, 0.1) is 5.92 Å². The van der Waals surface area contributed by atoms with E-state index in [0.29, 0.717) is 0 Å². The summed E-state index contributed by atoms with van der Waals surface area (Å²) in [4.78, 5) is 10.8. The van der Waals surface area contributed by atoms with Gasteiger partial charge in [-0.25, -0.2) is 9.97 Å². The fourth-order valence-corrected chi connectivity index (χ4v) is 3.87. The Hall–Kier alpha value is -2.43. The highest BCUT2D eigenvalue weighted by atomic mass is 35.5. The van der Waals surface area contributed by atoms with Gasteiger partial charge in [-0.1, -0.05) is 48.0 Å². The Balaban J connectivity index is 1.41. The van der Waals surface area contributed by atoms with Crippen molar-refractivity contribution >= 4 is 17.5 Å². The molecule has 1 fully saturated rings. The Kier molecular flexibility index (Phi) is 5.37. The lowest BCUT2D eigenvalue weighted by atomic mass is 9.87. The van der Waals surface area contributed by atoms with Gasteiger partial charge in [0.05, 0.1) is 6.10 Å². The average Bonchev–Trinajstić information content (AvgIpc) is 2.74.